The maximum atomic E-state index is 12.5. The summed E-state index contributed by atoms with van der Waals surface area (Å²) in [5.41, 5.74) is 3.92. The molecule has 1 heterocycles. The van der Waals surface area contributed by atoms with Gasteiger partial charge in [0.25, 0.3) is 0 Å². The largest absolute Gasteiger partial charge is 0.496 e. The second kappa shape index (κ2) is 10.9. The van der Waals surface area contributed by atoms with Gasteiger partial charge in [0.05, 0.1) is 18.4 Å². The first kappa shape index (κ1) is 24.8. The summed E-state index contributed by atoms with van der Waals surface area (Å²) in [7, 11) is 4.80. The number of carbonyl (C=O) groups is 3. The number of nitrogens with zero attached hydrogens (tertiary/aromatic N) is 1. The van der Waals surface area contributed by atoms with Gasteiger partial charge in [-0.05, 0) is 44.4 Å². The predicted molar refractivity (Wildman–Crippen MR) is 128 cm³/mol. The van der Waals surface area contributed by atoms with Crippen LogP contribution >= 0.6 is 0 Å². The molecule has 0 saturated heterocycles. The van der Waals surface area contributed by atoms with Gasteiger partial charge in [0, 0.05) is 31.6 Å². The van der Waals surface area contributed by atoms with Crippen LogP contribution in [0, 0.1) is 6.92 Å². The monoisotopic (exact) mass is 466 g/mol. The lowest BCUT2D eigenvalue weighted by molar-refractivity contribution is -0.134. The first-order chi connectivity index (χ1) is 16.2. The fourth-order valence-electron chi connectivity index (χ4n) is 3.76. The number of amides is 2. The van der Waals surface area contributed by atoms with Crippen molar-refractivity contribution in [2.75, 3.05) is 26.5 Å². The summed E-state index contributed by atoms with van der Waals surface area (Å²) in [5.74, 6) is 0.325. The lowest BCUT2D eigenvalue weighted by atomic mass is 9.93. The number of cyclic esters (lactones) is 1. The quantitative estimate of drug-likeness (QED) is 0.346. The van der Waals surface area contributed by atoms with Gasteiger partial charge < -0.3 is 24.4 Å². The number of nitrogens with one attached hydrogen (secondary N) is 1. The Bertz CT molecular complexity index is 1120. The zero-order valence-electron chi connectivity index (χ0n) is 20.2. The number of para-hydroxylation sites is 1. The Morgan fingerprint density at radius 1 is 1.18 bits per heavy atom. The molecule has 2 aromatic rings. The van der Waals surface area contributed by atoms with E-state index in [-0.39, 0.29) is 25.0 Å². The van der Waals surface area contributed by atoms with Gasteiger partial charge in [0.1, 0.15) is 18.1 Å². The van der Waals surface area contributed by atoms with Crippen molar-refractivity contribution in [1.82, 2.24) is 4.90 Å². The molecule has 0 radical (unpaired) electrons. The van der Waals surface area contributed by atoms with Crippen molar-refractivity contribution in [1.29, 1.82) is 0 Å². The summed E-state index contributed by atoms with van der Waals surface area (Å²) in [4.78, 5) is 38.5. The summed E-state index contributed by atoms with van der Waals surface area (Å²) >= 11 is 0. The van der Waals surface area contributed by atoms with Gasteiger partial charge in [-0.25, -0.2) is 9.59 Å². The number of urea groups is 1. The van der Waals surface area contributed by atoms with Gasteiger partial charge in [-0.15, -0.1) is 0 Å². The SMILES string of the molecule is COc1c(C)c2c(c(NC(=O)N(C)C)c1C/C=C(\C)CCC(=O)Oc1ccccc1)C(=O)OC2. The number of anilines is 1. The third kappa shape index (κ3) is 5.57. The molecule has 0 aromatic heterocycles. The van der Waals surface area contributed by atoms with E-state index in [0.717, 1.165) is 11.1 Å². The Morgan fingerprint density at radius 2 is 1.88 bits per heavy atom. The van der Waals surface area contributed by atoms with Crippen molar-refractivity contribution in [3.63, 3.8) is 0 Å². The maximum absolute atomic E-state index is 12.5. The number of rotatable bonds is 8. The molecule has 2 aromatic carbocycles. The van der Waals surface area contributed by atoms with E-state index in [2.05, 4.69) is 5.32 Å². The topological polar surface area (TPSA) is 94.2 Å². The van der Waals surface area contributed by atoms with Gasteiger partial charge in [0.2, 0.25) is 0 Å². The molecule has 1 aliphatic rings. The number of hydrogen-bond donors (Lipinski definition) is 1. The summed E-state index contributed by atoms with van der Waals surface area (Å²) in [6.07, 6.45) is 3.10. The average Bonchev–Trinajstić information content (AvgIpc) is 3.20. The minimum absolute atomic E-state index is 0.139. The molecule has 8 nitrogen and oxygen atoms in total. The van der Waals surface area contributed by atoms with Crippen molar-refractivity contribution in [2.24, 2.45) is 0 Å². The minimum atomic E-state index is -0.472. The van der Waals surface area contributed by atoms with Crippen molar-refractivity contribution in [2.45, 2.75) is 39.7 Å². The molecule has 0 aliphatic carbocycles. The van der Waals surface area contributed by atoms with E-state index in [1.54, 1.807) is 33.3 Å². The smallest absolute Gasteiger partial charge is 0.341 e. The lowest BCUT2D eigenvalue weighted by Gasteiger charge is -2.21. The normalized spacial score (nSPS) is 12.6. The lowest BCUT2D eigenvalue weighted by Crippen LogP contribution is -2.29. The Morgan fingerprint density at radius 3 is 2.53 bits per heavy atom. The average molecular weight is 467 g/mol. The molecule has 0 atom stereocenters. The van der Waals surface area contributed by atoms with E-state index in [4.69, 9.17) is 14.2 Å². The first-order valence-electron chi connectivity index (χ1n) is 11.0. The summed E-state index contributed by atoms with van der Waals surface area (Å²) in [6, 6.07) is 8.58. The predicted octanol–water partition coefficient (Wildman–Crippen LogP) is 4.64. The van der Waals surface area contributed by atoms with Crippen LogP contribution in [0.4, 0.5) is 10.5 Å². The van der Waals surface area contributed by atoms with Crippen LogP contribution in [0.5, 0.6) is 11.5 Å². The molecule has 1 N–H and O–H groups in total. The number of esters is 2. The van der Waals surface area contributed by atoms with Crippen molar-refractivity contribution < 1.29 is 28.6 Å². The molecule has 0 fully saturated rings. The Kier molecular flexibility index (Phi) is 7.94. The van der Waals surface area contributed by atoms with Gasteiger partial charge in [-0.2, -0.15) is 0 Å². The number of fused-ring (bicyclic) bond motifs is 1. The molecule has 180 valence electrons. The Hall–Kier alpha value is -3.81. The van der Waals surface area contributed by atoms with Gasteiger partial charge in [0.15, 0.2) is 0 Å². The number of benzene rings is 2. The van der Waals surface area contributed by atoms with E-state index < -0.39 is 5.97 Å². The molecule has 0 unspecified atom stereocenters. The highest BCUT2D eigenvalue weighted by molar-refractivity contribution is 6.05. The highest BCUT2D eigenvalue weighted by atomic mass is 16.5. The zero-order chi connectivity index (χ0) is 24.8. The van der Waals surface area contributed by atoms with Crippen LogP contribution in [0.25, 0.3) is 0 Å². The van der Waals surface area contributed by atoms with E-state index in [1.165, 1.54) is 4.90 Å². The number of ether oxygens (including phenoxy) is 3. The Balaban J connectivity index is 1.83. The summed E-state index contributed by atoms with van der Waals surface area (Å²) < 4.78 is 16.3. The van der Waals surface area contributed by atoms with Crippen LogP contribution in [0.3, 0.4) is 0 Å². The molecule has 0 bridgehead atoms. The highest BCUT2D eigenvalue weighted by Gasteiger charge is 2.32. The molecule has 3 rings (SSSR count). The fraction of sp³-hybridized carbons (Fsp3) is 0.346. The van der Waals surface area contributed by atoms with E-state index in [0.29, 0.717) is 46.7 Å². The highest BCUT2D eigenvalue weighted by Crippen LogP contribution is 2.41. The first-order valence-corrected chi connectivity index (χ1v) is 11.0. The Labute approximate surface area is 199 Å². The second-order valence-corrected chi connectivity index (χ2v) is 8.31. The molecule has 0 saturated carbocycles. The maximum Gasteiger partial charge on any atom is 0.341 e. The van der Waals surface area contributed by atoms with E-state index >= 15 is 0 Å². The summed E-state index contributed by atoms with van der Waals surface area (Å²) in [5, 5.41) is 2.85. The molecule has 8 heteroatoms. The molecule has 2 amide bonds. The third-order valence-corrected chi connectivity index (χ3v) is 5.67. The molecule has 1 aliphatic heterocycles. The van der Waals surface area contributed by atoms with Gasteiger partial charge >= 0.3 is 18.0 Å². The van der Waals surface area contributed by atoms with Crippen LogP contribution in [0.2, 0.25) is 0 Å². The van der Waals surface area contributed by atoms with E-state index in [1.807, 2.05) is 38.1 Å². The van der Waals surface area contributed by atoms with Crippen LogP contribution in [-0.2, 0) is 22.6 Å². The zero-order valence-corrected chi connectivity index (χ0v) is 20.2. The fourth-order valence-corrected chi connectivity index (χ4v) is 3.76. The third-order valence-electron chi connectivity index (χ3n) is 5.67. The molecule has 34 heavy (non-hydrogen) atoms. The number of allylic oxidation sites excluding steroid dienone is 2. The second-order valence-electron chi connectivity index (χ2n) is 8.31. The van der Waals surface area contributed by atoms with Crippen molar-refractivity contribution >= 4 is 23.7 Å². The number of methoxy groups -OCH3 is 1. The van der Waals surface area contributed by atoms with Crippen LogP contribution in [0.15, 0.2) is 42.0 Å². The number of hydrogen-bond acceptors (Lipinski definition) is 6. The van der Waals surface area contributed by atoms with Gasteiger partial charge in [-0.1, -0.05) is 29.8 Å². The molecular weight excluding hydrogens is 436 g/mol. The summed E-state index contributed by atoms with van der Waals surface area (Å²) in [6.45, 7) is 3.94. The van der Waals surface area contributed by atoms with Crippen molar-refractivity contribution in [3.8, 4) is 11.5 Å². The van der Waals surface area contributed by atoms with Crippen LogP contribution in [0.1, 0.15) is 46.8 Å². The molecular formula is C26H30N2O6. The molecule has 0 spiro atoms. The van der Waals surface area contributed by atoms with Gasteiger partial charge in [-0.3, -0.25) is 4.79 Å². The van der Waals surface area contributed by atoms with Crippen molar-refractivity contribution in [3.05, 3.63) is 64.2 Å². The van der Waals surface area contributed by atoms with Crippen LogP contribution < -0.4 is 14.8 Å². The minimum Gasteiger partial charge on any atom is -0.496 e. The number of carbonyl (C=O) groups excluding carboxylic acids is 3. The van der Waals surface area contributed by atoms with Crippen LogP contribution in [-0.4, -0.2) is 44.1 Å². The van der Waals surface area contributed by atoms with E-state index in [9.17, 15) is 14.4 Å². The standard InChI is InChI=1S/C26H30N2O6/c1-16(12-14-21(29)34-18-9-7-6-8-10-18)11-13-19-23(27-26(31)28(3)4)22-20(15-33-25(22)30)17(2)24(19)32-5/h6-11H,12-15H2,1-5H3,(H,27,31)/b16-11+.